The SMILES string of the molecule is O=C(c1cnc[nH]1)N1CCC[C@H](Cc2cncc3ccccc23)CC1. The molecule has 25 heavy (non-hydrogen) atoms. The van der Waals surface area contributed by atoms with Crippen LogP contribution in [0.3, 0.4) is 0 Å². The molecule has 1 aromatic carbocycles. The van der Waals surface area contributed by atoms with Crippen LogP contribution in [-0.4, -0.2) is 38.8 Å². The first-order valence-corrected chi connectivity index (χ1v) is 8.90. The number of pyridine rings is 1. The summed E-state index contributed by atoms with van der Waals surface area (Å²) in [5.41, 5.74) is 1.90. The fourth-order valence-electron chi connectivity index (χ4n) is 3.77. The minimum Gasteiger partial charge on any atom is -0.341 e. The Hall–Kier alpha value is -2.69. The number of imidazole rings is 1. The van der Waals surface area contributed by atoms with Crippen molar-refractivity contribution in [1.29, 1.82) is 0 Å². The molecule has 0 saturated carbocycles. The van der Waals surface area contributed by atoms with Crippen LogP contribution in [0.25, 0.3) is 10.8 Å². The lowest BCUT2D eigenvalue weighted by atomic mass is 9.91. The van der Waals surface area contributed by atoms with Gasteiger partial charge in [0.1, 0.15) is 5.69 Å². The molecule has 2 aromatic heterocycles. The van der Waals surface area contributed by atoms with Gasteiger partial charge in [-0.15, -0.1) is 0 Å². The lowest BCUT2D eigenvalue weighted by molar-refractivity contribution is 0.0754. The first kappa shape index (κ1) is 15.8. The van der Waals surface area contributed by atoms with Crippen molar-refractivity contribution >= 4 is 16.7 Å². The molecule has 0 bridgehead atoms. The number of H-pyrrole nitrogens is 1. The third-order valence-corrected chi connectivity index (χ3v) is 5.12. The maximum atomic E-state index is 12.5. The van der Waals surface area contributed by atoms with Crippen LogP contribution >= 0.6 is 0 Å². The number of aromatic nitrogens is 3. The average Bonchev–Trinajstić information content (AvgIpc) is 3.09. The number of carbonyl (C=O) groups excluding carboxylic acids is 1. The van der Waals surface area contributed by atoms with E-state index in [4.69, 9.17) is 0 Å². The highest BCUT2D eigenvalue weighted by atomic mass is 16.2. The van der Waals surface area contributed by atoms with Crippen LogP contribution in [0.15, 0.2) is 49.2 Å². The number of hydrogen-bond acceptors (Lipinski definition) is 3. The highest BCUT2D eigenvalue weighted by Crippen LogP contribution is 2.26. The molecule has 5 heteroatoms. The van der Waals surface area contributed by atoms with Gasteiger partial charge in [-0.05, 0) is 42.6 Å². The molecule has 0 radical (unpaired) electrons. The van der Waals surface area contributed by atoms with Crippen molar-refractivity contribution in [2.75, 3.05) is 13.1 Å². The Bertz CT molecular complexity index is 854. The monoisotopic (exact) mass is 334 g/mol. The largest absolute Gasteiger partial charge is 0.341 e. The third kappa shape index (κ3) is 3.40. The van der Waals surface area contributed by atoms with Crippen molar-refractivity contribution in [3.05, 3.63) is 60.4 Å². The summed E-state index contributed by atoms with van der Waals surface area (Å²) in [4.78, 5) is 25.7. The molecular formula is C20H22N4O. The summed E-state index contributed by atoms with van der Waals surface area (Å²) in [7, 11) is 0. The van der Waals surface area contributed by atoms with E-state index >= 15 is 0 Å². The number of amides is 1. The quantitative estimate of drug-likeness (QED) is 0.798. The second-order valence-electron chi connectivity index (χ2n) is 6.78. The lowest BCUT2D eigenvalue weighted by Crippen LogP contribution is -2.32. The van der Waals surface area contributed by atoms with E-state index in [0.717, 1.165) is 38.8 Å². The molecule has 3 aromatic rings. The topological polar surface area (TPSA) is 61.9 Å². The second-order valence-corrected chi connectivity index (χ2v) is 6.78. The zero-order valence-electron chi connectivity index (χ0n) is 14.2. The number of hydrogen-bond donors (Lipinski definition) is 1. The zero-order chi connectivity index (χ0) is 17.1. The Morgan fingerprint density at radius 2 is 2.04 bits per heavy atom. The van der Waals surface area contributed by atoms with Crippen molar-refractivity contribution in [1.82, 2.24) is 19.9 Å². The van der Waals surface area contributed by atoms with Crippen LogP contribution in [0.2, 0.25) is 0 Å². The fourth-order valence-corrected chi connectivity index (χ4v) is 3.77. The van der Waals surface area contributed by atoms with E-state index in [1.807, 2.05) is 17.3 Å². The Kier molecular flexibility index (Phi) is 4.46. The van der Waals surface area contributed by atoms with Gasteiger partial charge in [-0.3, -0.25) is 9.78 Å². The molecule has 4 rings (SSSR count). The molecule has 5 nitrogen and oxygen atoms in total. The molecule has 1 N–H and O–H groups in total. The molecule has 1 aliphatic heterocycles. The summed E-state index contributed by atoms with van der Waals surface area (Å²) >= 11 is 0. The van der Waals surface area contributed by atoms with E-state index in [9.17, 15) is 4.79 Å². The van der Waals surface area contributed by atoms with Gasteiger partial charge in [0, 0.05) is 30.9 Å². The summed E-state index contributed by atoms with van der Waals surface area (Å²) in [6.45, 7) is 1.63. The normalized spacial score (nSPS) is 18.2. The summed E-state index contributed by atoms with van der Waals surface area (Å²) < 4.78 is 0. The zero-order valence-corrected chi connectivity index (χ0v) is 14.2. The van der Waals surface area contributed by atoms with E-state index in [2.05, 4.69) is 39.2 Å². The van der Waals surface area contributed by atoms with Gasteiger partial charge in [0.05, 0.1) is 12.5 Å². The van der Waals surface area contributed by atoms with Gasteiger partial charge in [-0.25, -0.2) is 4.98 Å². The first-order valence-electron chi connectivity index (χ1n) is 8.90. The number of nitrogens with one attached hydrogen (secondary N) is 1. The number of aromatic amines is 1. The minimum absolute atomic E-state index is 0.0602. The predicted octanol–water partition coefficient (Wildman–Crippen LogP) is 3.44. The maximum Gasteiger partial charge on any atom is 0.271 e. The highest BCUT2D eigenvalue weighted by Gasteiger charge is 2.22. The van der Waals surface area contributed by atoms with Crippen molar-refractivity contribution in [2.24, 2.45) is 5.92 Å². The van der Waals surface area contributed by atoms with E-state index in [0.29, 0.717) is 11.6 Å². The van der Waals surface area contributed by atoms with Crippen molar-refractivity contribution in [3.8, 4) is 0 Å². The van der Waals surface area contributed by atoms with E-state index in [-0.39, 0.29) is 5.91 Å². The molecule has 1 fully saturated rings. The second kappa shape index (κ2) is 7.05. The molecule has 0 spiro atoms. The first-order chi connectivity index (χ1) is 12.3. The number of rotatable bonds is 3. The Balaban J connectivity index is 1.45. The Morgan fingerprint density at radius 1 is 1.12 bits per heavy atom. The number of benzene rings is 1. The van der Waals surface area contributed by atoms with Gasteiger partial charge < -0.3 is 9.88 Å². The van der Waals surface area contributed by atoms with Gasteiger partial charge in [0.2, 0.25) is 0 Å². The number of nitrogens with zero attached hydrogens (tertiary/aromatic N) is 3. The smallest absolute Gasteiger partial charge is 0.271 e. The van der Waals surface area contributed by atoms with Crippen molar-refractivity contribution in [2.45, 2.75) is 25.7 Å². The standard InChI is InChI=1S/C20H22N4O/c25-20(19-13-22-14-23-19)24-8-3-4-15(7-9-24)10-17-12-21-11-16-5-1-2-6-18(16)17/h1-2,5-6,11-15H,3-4,7-10H2,(H,22,23)/t15-/m0/s1. The van der Waals surface area contributed by atoms with Gasteiger partial charge >= 0.3 is 0 Å². The number of carbonyl (C=O) groups is 1. The van der Waals surface area contributed by atoms with Crippen LogP contribution in [0.4, 0.5) is 0 Å². The third-order valence-electron chi connectivity index (χ3n) is 5.12. The van der Waals surface area contributed by atoms with Crippen LogP contribution < -0.4 is 0 Å². The predicted molar refractivity (Wildman–Crippen MR) is 97.3 cm³/mol. The average molecular weight is 334 g/mol. The number of fused-ring (bicyclic) bond motifs is 1. The van der Waals surface area contributed by atoms with E-state index in [1.165, 1.54) is 16.3 Å². The van der Waals surface area contributed by atoms with Crippen molar-refractivity contribution < 1.29 is 4.79 Å². The van der Waals surface area contributed by atoms with Gasteiger partial charge in [0.15, 0.2) is 0 Å². The molecule has 0 unspecified atom stereocenters. The molecule has 1 aliphatic rings. The summed E-state index contributed by atoms with van der Waals surface area (Å²) in [6, 6.07) is 8.43. The number of likely N-dealkylation sites (tertiary alicyclic amines) is 1. The molecule has 1 amide bonds. The molecule has 0 aliphatic carbocycles. The fraction of sp³-hybridized carbons (Fsp3) is 0.350. The van der Waals surface area contributed by atoms with E-state index in [1.54, 1.807) is 12.5 Å². The molecule has 1 saturated heterocycles. The summed E-state index contributed by atoms with van der Waals surface area (Å²) in [5, 5.41) is 2.50. The van der Waals surface area contributed by atoms with Crippen LogP contribution in [0.5, 0.6) is 0 Å². The lowest BCUT2D eigenvalue weighted by Gasteiger charge is -2.20. The van der Waals surface area contributed by atoms with Crippen molar-refractivity contribution in [3.63, 3.8) is 0 Å². The van der Waals surface area contributed by atoms with Gasteiger partial charge in [-0.1, -0.05) is 24.3 Å². The Labute approximate surface area is 147 Å². The van der Waals surface area contributed by atoms with Gasteiger partial charge in [0.25, 0.3) is 5.91 Å². The maximum absolute atomic E-state index is 12.5. The van der Waals surface area contributed by atoms with Crippen LogP contribution in [0.1, 0.15) is 35.3 Å². The highest BCUT2D eigenvalue weighted by molar-refractivity contribution is 5.92. The van der Waals surface area contributed by atoms with E-state index < -0.39 is 0 Å². The Morgan fingerprint density at radius 3 is 2.92 bits per heavy atom. The molecule has 1 atom stereocenters. The minimum atomic E-state index is 0.0602. The molecule has 3 heterocycles. The van der Waals surface area contributed by atoms with Crippen LogP contribution in [-0.2, 0) is 6.42 Å². The van der Waals surface area contributed by atoms with Gasteiger partial charge in [-0.2, -0.15) is 0 Å². The summed E-state index contributed by atoms with van der Waals surface area (Å²) in [6.07, 6.45) is 11.3. The molecular weight excluding hydrogens is 312 g/mol. The van der Waals surface area contributed by atoms with Crippen LogP contribution in [0, 0.1) is 5.92 Å². The summed E-state index contributed by atoms with van der Waals surface area (Å²) in [5.74, 6) is 0.650. The molecule has 128 valence electrons.